The first-order valence-corrected chi connectivity index (χ1v) is 11.3. The van der Waals surface area contributed by atoms with Crippen molar-refractivity contribution in [3.05, 3.63) is 87.9 Å². The number of sulfonamides is 1. The molecule has 0 aromatic heterocycles. The average molecular weight is 450 g/mol. The highest BCUT2D eigenvalue weighted by atomic mass is 35.5. The molecule has 0 bridgehead atoms. The van der Waals surface area contributed by atoms with Crippen LogP contribution in [0.3, 0.4) is 0 Å². The molecule has 0 radical (unpaired) electrons. The minimum Gasteiger partial charge on any atom is -0.489 e. The van der Waals surface area contributed by atoms with Crippen molar-refractivity contribution in [2.45, 2.75) is 25.3 Å². The maximum absolute atomic E-state index is 13.1. The van der Waals surface area contributed by atoms with E-state index < -0.39 is 10.0 Å². The second kappa shape index (κ2) is 9.08. The van der Waals surface area contributed by atoms with E-state index in [0.29, 0.717) is 28.0 Å². The maximum atomic E-state index is 13.1. The lowest BCUT2D eigenvalue weighted by molar-refractivity contribution is 0.306. The van der Waals surface area contributed by atoms with Crippen LogP contribution in [0.25, 0.3) is 0 Å². The summed E-state index contributed by atoms with van der Waals surface area (Å²) in [6.45, 7) is 4.21. The van der Waals surface area contributed by atoms with E-state index in [1.54, 1.807) is 67.6 Å². The zero-order valence-corrected chi connectivity index (χ0v) is 18.4. The number of ether oxygens (including phenoxy) is 1. The summed E-state index contributed by atoms with van der Waals surface area (Å²) in [7, 11) is -3.68. The van der Waals surface area contributed by atoms with Gasteiger partial charge in [-0.1, -0.05) is 47.5 Å². The van der Waals surface area contributed by atoms with Gasteiger partial charge in [0.2, 0.25) is 0 Å². The van der Waals surface area contributed by atoms with Crippen LogP contribution in [0.4, 0.5) is 5.69 Å². The van der Waals surface area contributed by atoms with Gasteiger partial charge >= 0.3 is 0 Å². The van der Waals surface area contributed by atoms with Crippen molar-refractivity contribution in [3.8, 4) is 5.75 Å². The molecule has 0 saturated heterocycles. The molecule has 3 rings (SSSR count). The molecule has 0 saturated carbocycles. The lowest BCUT2D eigenvalue weighted by atomic mass is 10.2. The van der Waals surface area contributed by atoms with Crippen LogP contribution in [0.2, 0.25) is 10.0 Å². The van der Waals surface area contributed by atoms with Gasteiger partial charge in [-0.3, -0.25) is 4.31 Å². The van der Waals surface area contributed by atoms with Crippen LogP contribution in [0.5, 0.6) is 5.75 Å². The van der Waals surface area contributed by atoms with Crippen molar-refractivity contribution >= 4 is 38.9 Å². The van der Waals surface area contributed by atoms with Gasteiger partial charge in [0, 0.05) is 28.2 Å². The Kier molecular flexibility index (Phi) is 6.73. The molecule has 4 nitrogen and oxygen atoms in total. The molecule has 7 heteroatoms. The Bertz CT molecular complexity index is 1120. The van der Waals surface area contributed by atoms with Crippen molar-refractivity contribution in [2.24, 2.45) is 0 Å². The highest BCUT2D eigenvalue weighted by Crippen LogP contribution is 2.28. The number of halogens is 2. The van der Waals surface area contributed by atoms with Crippen molar-refractivity contribution < 1.29 is 13.2 Å². The molecule has 0 aliphatic rings. The van der Waals surface area contributed by atoms with Gasteiger partial charge in [0.1, 0.15) is 12.4 Å². The molecule has 0 amide bonds. The molecule has 0 fully saturated rings. The Hall–Kier alpha value is -2.21. The Morgan fingerprint density at radius 1 is 0.966 bits per heavy atom. The normalized spacial score (nSPS) is 11.3. The minimum atomic E-state index is -3.68. The zero-order chi connectivity index (χ0) is 21.0. The van der Waals surface area contributed by atoms with Gasteiger partial charge in [-0.15, -0.1) is 0 Å². The molecular formula is C22H21Cl2NO3S. The molecular weight excluding hydrogens is 429 g/mol. The zero-order valence-electron chi connectivity index (χ0n) is 16.1. The molecule has 0 aliphatic heterocycles. The van der Waals surface area contributed by atoms with Crippen molar-refractivity contribution in [3.63, 3.8) is 0 Å². The minimum absolute atomic E-state index is 0.246. The van der Waals surface area contributed by atoms with Gasteiger partial charge in [-0.05, 0) is 55.8 Å². The summed E-state index contributed by atoms with van der Waals surface area (Å²) in [5.74, 6) is 0.548. The first-order valence-electron chi connectivity index (χ1n) is 9.07. The molecule has 152 valence electrons. The monoisotopic (exact) mass is 449 g/mol. The summed E-state index contributed by atoms with van der Waals surface area (Å²) < 4.78 is 33.5. The van der Waals surface area contributed by atoms with E-state index in [1.165, 1.54) is 4.31 Å². The lowest BCUT2D eigenvalue weighted by Gasteiger charge is -2.23. The number of rotatable bonds is 7. The van der Waals surface area contributed by atoms with Crippen LogP contribution in [0.15, 0.2) is 71.6 Å². The maximum Gasteiger partial charge on any atom is 0.264 e. The molecule has 0 N–H and O–H groups in total. The topological polar surface area (TPSA) is 46.6 Å². The second-order valence-corrected chi connectivity index (χ2v) is 9.21. The van der Waals surface area contributed by atoms with Gasteiger partial charge in [-0.25, -0.2) is 8.42 Å². The van der Waals surface area contributed by atoms with Crippen LogP contribution in [-0.4, -0.2) is 15.0 Å². The summed E-state index contributed by atoms with van der Waals surface area (Å²) in [6.07, 6.45) is 0. The number of nitrogens with zero attached hydrogens (tertiary/aromatic N) is 1. The predicted molar refractivity (Wildman–Crippen MR) is 119 cm³/mol. The number of benzene rings is 3. The van der Waals surface area contributed by atoms with Crippen LogP contribution >= 0.6 is 23.2 Å². The molecule has 0 unspecified atom stereocenters. The smallest absolute Gasteiger partial charge is 0.264 e. The highest BCUT2D eigenvalue weighted by Gasteiger charge is 2.24. The largest absolute Gasteiger partial charge is 0.489 e. The summed E-state index contributed by atoms with van der Waals surface area (Å²) >= 11 is 12.1. The fourth-order valence-electron chi connectivity index (χ4n) is 2.92. The van der Waals surface area contributed by atoms with E-state index in [9.17, 15) is 8.42 Å². The number of aryl methyl sites for hydroxylation is 1. The standard InChI is InChI=1S/C22H21Cl2NO3S/c1-3-25(29(26,27)21-9-4-6-16(2)12-21)19-7-5-8-20(14-19)28-15-17-10-11-18(23)13-22(17)24/h4-14H,3,15H2,1-2H3. The average Bonchev–Trinajstić information content (AvgIpc) is 2.68. The SMILES string of the molecule is CCN(c1cccc(OCc2ccc(Cl)cc2Cl)c1)S(=O)(=O)c1cccc(C)c1. The van der Waals surface area contributed by atoms with E-state index >= 15 is 0 Å². The Morgan fingerprint density at radius 3 is 2.41 bits per heavy atom. The first-order chi connectivity index (χ1) is 13.8. The van der Waals surface area contributed by atoms with Gasteiger partial charge in [0.15, 0.2) is 0 Å². The fourth-order valence-corrected chi connectivity index (χ4v) is 4.96. The van der Waals surface area contributed by atoms with Gasteiger partial charge in [0.05, 0.1) is 10.6 Å². The lowest BCUT2D eigenvalue weighted by Crippen LogP contribution is -2.30. The van der Waals surface area contributed by atoms with E-state index in [1.807, 2.05) is 13.0 Å². The van der Waals surface area contributed by atoms with Gasteiger partial charge < -0.3 is 4.74 Å². The van der Waals surface area contributed by atoms with E-state index in [-0.39, 0.29) is 11.5 Å². The Labute approximate surface area is 181 Å². The van der Waals surface area contributed by atoms with E-state index in [4.69, 9.17) is 27.9 Å². The number of hydrogen-bond donors (Lipinski definition) is 0. The summed E-state index contributed by atoms with van der Waals surface area (Å²) in [5, 5.41) is 1.08. The van der Waals surface area contributed by atoms with Crippen LogP contribution in [0.1, 0.15) is 18.1 Å². The second-order valence-electron chi connectivity index (χ2n) is 6.51. The summed E-state index contributed by atoms with van der Waals surface area (Å²) in [6, 6.07) is 19.1. The van der Waals surface area contributed by atoms with Crippen molar-refractivity contribution in [2.75, 3.05) is 10.8 Å². The molecule has 0 aliphatic carbocycles. The first kappa shape index (κ1) is 21.5. The number of hydrogen-bond acceptors (Lipinski definition) is 3. The molecule has 0 spiro atoms. The summed E-state index contributed by atoms with van der Waals surface area (Å²) in [5.41, 5.74) is 2.22. The third-order valence-corrected chi connectivity index (χ3v) is 6.87. The van der Waals surface area contributed by atoms with Crippen LogP contribution in [0, 0.1) is 6.92 Å². The number of anilines is 1. The van der Waals surface area contributed by atoms with Crippen molar-refractivity contribution in [1.29, 1.82) is 0 Å². The molecule has 3 aromatic carbocycles. The molecule has 0 atom stereocenters. The Balaban J connectivity index is 1.85. The van der Waals surface area contributed by atoms with E-state index in [0.717, 1.165) is 11.1 Å². The van der Waals surface area contributed by atoms with E-state index in [2.05, 4.69) is 0 Å². The van der Waals surface area contributed by atoms with Crippen LogP contribution in [-0.2, 0) is 16.6 Å². The predicted octanol–water partition coefficient (Wildman–Crippen LogP) is 6.10. The van der Waals surface area contributed by atoms with Crippen LogP contribution < -0.4 is 9.04 Å². The molecule has 3 aromatic rings. The van der Waals surface area contributed by atoms with Gasteiger partial charge in [-0.2, -0.15) is 0 Å². The third kappa shape index (κ3) is 5.04. The molecule has 0 heterocycles. The third-order valence-electron chi connectivity index (χ3n) is 4.38. The molecule has 29 heavy (non-hydrogen) atoms. The fraction of sp³-hybridized carbons (Fsp3) is 0.182. The summed E-state index contributed by atoms with van der Waals surface area (Å²) in [4.78, 5) is 0.263. The quantitative estimate of drug-likeness (QED) is 0.437. The van der Waals surface area contributed by atoms with Gasteiger partial charge in [0.25, 0.3) is 10.0 Å². The Morgan fingerprint density at radius 2 is 1.72 bits per heavy atom. The van der Waals surface area contributed by atoms with Crippen molar-refractivity contribution in [1.82, 2.24) is 0 Å². The highest BCUT2D eigenvalue weighted by molar-refractivity contribution is 7.92.